The molecule has 0 atom stereocenters. The fraction of sp³-hybridized carbons (Fsp3) is 0.625. The van der Waals surface area contributed by atoms with Crippen molar-refractivity contribution in [3.8, 4) is 0 Å². The molecule has 70 valence electrons. The fourth-order valence-electron chi connectivity index (χ4n) is 1.29. The Morgan fingerprint density at radius 1 is 1.46 bits per heavy atom. The second-order valence-corrected chi connectivity index (χ2v) is 3.39. The number of hydrogen-bond donors (Lipinski definition) is 0. The van der Waals surface area contributed by atoms with Crippen LogP contribution in [0.25, 0.3) is 5.53 Å². The summed E-state index contributed by atoms with van der Waals surface area (Å²) < 4.78 is 0. The van der Waals surface area contributed by atoms with Crippen molar-refractivity contribution in [2.24, 2.45) is 5.41 Å². The third-order valence-corrected chi connectivity index (χ3v) is 2.21. The monoisotopic (exact) mass is 181 g/mol. The average Bonchev–Trinajstić information content (AvgIpc) is 2.83. The first-order valence-electron chi connectivity index (χ1n) is 3.98. The molecule has 0 spiro atoms. The van der Waals surface area contributed by atoms with Gasteiger partial charge in [0.05, 0.1) is 0 Å². The first-order chi connectivity index (χ1) is 6.04. The van der Waals surface area contributed by atoms with Crippen LogP contribution in [-0.4, -0.2) is 41.7 Å². The van der Waals surface area contributed by atoms with Gasteiger partial charge >= 0.3 is 6.21 Å². The second-order valence-electron chi connectivity index (χ2n) is 3.39. The Morgan fingerprint density at radius 3 is 2.31 bits per heavy atom. The summed E-state index contributed by atoms with van der Waals surface area (Å²) in [6, 6.07) is 0. The Bertz CT molecular complexity index is 299. The zero-order valence-electron chi connectivity index (χ0n) is 7.65. The van der Waals surface area contributed by atoms with Gasteiger partial charge in [0.25, 0.3) is 5.78 Å². The lowest BCUT2D eigenvalue weighted by Gasteiger charge is -2.15. The van der Waals surface area contributed by atoms with Crippen molar-refractivity contribution in [3.05, 3.63) is 5.53 Å². The van der Waals surface area contributed by atoms with Gasteiger partial charge in [0.2, 0.25) is 5.91 Å². The van der Waals surface area contributed by atoms with Gasteiger partial charge in [-0.2, -0.15) is 4.79 Å². The Morgan fingerprint density at radius 2 is 2.00 bits per heavy atom. The van der Waals surface area contributed by atoms with E-state index in [2.05, 4.69) is 4.79 Å². The summed E-state index contributed by atoms with van der Waals surface area (Å²) in [4.78, 5) is 26.8. The van der Waals surface area contributed by atoms with E-state index >= 15 is 0 Å². The molecule has 0 unspecified atom stereocenters. The van der Waals surface area contributed by atoms with Gasteiger partial charge in [0.1, 0.15) is 5.41 Å². The van der Waals surface area contributed by atoms with E-state index < -0.39 is 11.2 Å². The van der Waals surface area contributed by atoms with Crippen LogP contribution in [-0.2, 0) is 9.59 Å². The molecule has 13 heavy (non-hydrogen) atoms. The molecule has 0 aromatic rings. The second kappa shape index (κ2) is 3.11. The van der Waals surface area contributed by atoms with Gasteiger partial charge in [-0.25, -0.2) is 0 Å². The van der Waals surface area contributed by atoms with Crippen LogP contribution >= 0.6 is 0 Å². The van der Waals surface area contributed by atoms with E-state index in [1.165, 1.54) is 4.90 Å². The standard InChI is InChI=1S/C8H11N3O2/c1-11(2)7(13)8(3-4-8)6(12)5-10-9/h5H,3-4H2,1-2H3. The largest absolute Gasteiger partial charge is 0.361 e. The smallest absolute Gasteiger partial charge is 0.324 e. The summed E-state index contributed by atoms with van der Waals surface area (Å²) in [5.74, 6) is -0.619. The van der Waals surface area contributed by atoms with Crippen molar-refractivity contribution >= 4 is 17.9 Å². The van der Waals surface area contributed by atoms with Gasteiger partial charge < -0.3 is 10.4 Å². The molecule has 5 nitrogen and oxygen atoms in total. The zero-order valence-corrected chi connectivity index (χ0v) is 7.65. The maximum atomic E-state index is 11.5. The van der Waals surface area contributed by atoms with E-state index in [9.17, 15) is 9.59 Å². The molecular formula is C8H11N3O2. The minimum atomic E-state index is -0.921. The number of carbonyl (C=O) groups excluding carboxylic acids is 2. The van der Waals surface area contributed by atoms with Crippen LogP contribution in [0.1, 0.15) is 12.8 Å². The molecule has 1 amide bonds. The van der Waals surface area contributed by atoms with Gasteiger partial charge in [-0.05, 0) is 12.8 Å². The maximum absolute atomic E-state index is 11.5. The summed E-state index contributed by atoms with van der Waals surface area (Å²) in [6.07, 6.45) is 1.90. The molecule has 0 N–H and O–H groups in total. The van der Waals surface area contributed by atoms with Crippen LogP contribution in [0.15, 0.2) is 0 Å². The highest BCUT2D eigenvalue weighted by atomic mass is 16.2. The predicted octanol–water partition coefficient (Wildman–Crippen LogP) is -0.276. The molecule has 0 heterocycles. The topological polar surface area (TPSA) is 73.8 Å². The number of rotatable bonds is 3. The lowest BCUT2D eigenvalue weighted by molar-refractivity contribution is -0.140. The summed E-state index contributed by atoms with van der Waals surface area (Å²) in [6.45, 7) is 0. The molecule has 1 aliphatic carbocycles. The van der Waals surface area contributed by atoms with Gasteiger partial charge in [-0.3, -0.25) is 9.59 Å². The van der Waals surface area contributed by atoms with Gasteiger partial charge in [0, 0.05) is 14.1 Å². The van der Waals surface area contributed by atoms with E-state index in [1.807, 2.05) is 0 Å². The summed E-state index contributed by atoms with van der Waals surface area (Å²) >= 11 is 0. The van der Waals surface area contributed by atoms with Crippen LogP contribution in [0, 0.1) is 5.41 Å². The third-order valence-electron chi connectivity index (χ3n) is 2.21. The van der Waals surface area contributed by atoms with Crippen LogP contribution in [0.2, 0.25) is 0 Å². The minimum Gasteiger partial charge on any atom is -0.361 e. The van der Waals surface area contributed by atoms with E-state index in [-0.39, 0.29) is 5.91 Å². The highest BCUT2D eigenvalue weighted by Gasteiger charge is 2.57. The Balaban J connectivity index is 2.83. The molecule has 1 rings (SSSR count). The summed E-state index contributed by atoms with van der Waals surface area (Å²) in [5, 5.41) is 0. The first kappa shape index (κ1) is 9.61. The Labute approximate surface area is 76.0 Å². The molecule has 0 radical (unpaired) electrons. The van der Waals surface area contributed by atoms with Crippen molar-refractivity contribution in [1.82, 2.24) is 4.90 Å². The van der Waals surface area contributed by atoms with Crippen molar-refractivity contribution in [1.29, 1.82) is 0 Å². The van der Waals surface area contributed by atoms with Crippen molar-refractivity contribution in [2.75, 3.05) is 14.1 Å². The molecule has 0 bridgehead atoms. The number of nitrogens with zero attached hydrogens (tertiary/aromatic N) is 3. The maximum Gasteiger partial charge on any atom is 0.324 e. The van der Waals surface area contributed by atoms with Crippen LogP contribution in [0.3, 0.4) is 0 Å². The number of hydrogen-bond acceptors (Lipinski definition) is 2. The highest BCUT2D eigenvalue weighted by Crippen LogP contribution is 2.47. The van der Waals surface area contributed by atoms with E-state index in [0.29, 0.717) is 12.8 Å². The molecule has 0 aromatic heterocycles. The van der Waals surface area contributed by atoms with E-state index in [0.717, 1.165) is 6.21 Å². The molecule has 5 heteroatoms. The normalized spacial score (nSPS) is 17.1. The van der Waals surface area contributed by atoms with Gasteiger partial charge in [0.15, 0.2) is 0 Å². The van der Waals surface area contributed by atoms with Crippen LogP contribution in [0.4, 0.5) is 0 Å². The molecule has 1 aliphatic rings. The first-order valence-corrected chi connectivity index (χ1v) is 3.98. The number of carbonyl (C=O) groups is 2. The Hall–Kier alpha value is -1.48. The van der Waals surface area contributed by atoms with Crippen molar-refractivity contribution < 1.29 is 14.4 Å². The Kier molecular flexibility index (Phi) is 2.30. The number of Topliss-reactive ketones (excluding diaryl/α,β-unsaturated/α-hetero) is 1. The van der Waals surface area contributed by atoms with Gasteiger partial charge in [-0.1, -0.05) is 0 Å². The quantitative estimate of drug-likeness (QED) is 0.260. The fourth-order valence-corrected chi connectivity index (χ4v) is 1.29. The molecule has 1 saturated carbocycles. The SMILES string of the molecule is CN(C)C(=O)C1(C(=O)C=[N+]=[N-])CC1. The number of amides is 1. The average molecular weight is 181 g/mol. The molecule has 0 aliphatic heterocycles. The third kappa shape index (κ3) is 1.51. The minimum absolute atomic E-state index is 0.211. The molecule has 1 fully saturated rings. The number of ketones is 1. The summed E-state index contributed by atoms with van der Waals surface area (Å²) in [7, 11) is 3.21. The lowest BCUT2D eigenvalue weighted by atomic mass is 10.0. The lowest BCUT2D eigenvalue weighted by Crippen LogP contribution is -2.36. The van der Waals surface area contributed by atoms with Crippen LogP contribution in [0.5, 0.6) is 0 Å². The van der Waals surface area contributed by atoms with E-state index in [1.54, 1.807) is 14.1 Å². The predicted molar refractivity (Wildman–Crippen MR) is 45.1 cm³/mol. The van der Waals surface area contributed by atoms with Gasteiger partial charge in [-0.15, -0.1) is 0 Å². The van der Waals surface area contributed by atoms with Crippen LogP contribution < -0.4 is 0 Å². The molecule has 0 saturated heterocycles. The zero-order chi connectivity index (χ0) is 10.1. The van der Waals surface area contributed by atoms with Crippen molar-refractivity contribution in [2.45, 2.75) is 12.8 Å². The van der Waals surface area contributed by atoms with Crippen molar-refractivity contribution in [3.63, 3.8) is 0 Å². The summed E-state index contributed by atoms with van der Waals surface area (Å²) in [5.41, 5.74) is 7.25. The molecule has 0 aromatic carbocycles. The van der Waals surface area contributed by atoms with E-state index in [4.69, 9.17) is 5.53 Å². The molecular weight excluding hydrogens is 170 g/mol. The highest BCUT2D eigenvalue weighted by molar-refractivity contribution is 6.34.